The van der Waals surface area contributed by atoms with Crippen molar-refractivity contribution < 1.29 is 18.7 Å². The second kappa shape index (κ2) is 10.6. The van der Waals surface area contributed by atoms with Crippen molar-refractivity contribution in [3.05, 3.63) is 107 Å². The summed E-state index contributed by atoms with van der Waals surface area (Å²) in [7, 11) is 1.81. The SMILES string of the molecule is CN1C(=O)N(Cc2ccc(F)c(C#N)c2)[C@H](Cc2ccccc2)[C@@H]2OC(C)(C)O[C@H]2[C@H]1Cc1ccccc1. The number of amides is 2. The van der Waals surface area contributed by atoms with Crippen LogP contribution in [0.15, 0.2) is 78.9 Å². The summed E-state index contributed by atoms with van der Waals surface area (Å²) in [6, 6.07) is 25.6. The minimum Gasteiger partial charge on any atom is -0.342 e. The van der Waals surface area contributed by atoms with Gasteiger partial charge in [-0.1, -0.05) is 66.7 Å². The number of hydrogen-bond acceptors (Lipinski definition) is 4. The predicted octanol–water partition coefficient (Wildman–Crippen LogP) is 5.31. The molecule has 2 saturated heterocycles. The van der Waals surface area contributed by atoms with Crippen LogP contribution in [0, 0.1) is 17.1 Å². The van der Waals surface area contributed by atoms with Crippen LogP contribution in [-0.4, -0.2) is 53.0 Å². The Balaban J connectivity index is 1.58. The van der Waals surface area contributed by atoms with Crippen molar-refractivity contribution in [1.29, 1.82) is 5.26 Å². The Bertz CT molecular complexity index is 1330. The van der Waals surface area contributed by atoms with Gasteiger partial charge in [0, 0.05) is 13.6 Å². The third kappa shape index (κ3) is 5.28. The lowest BCUT2D eigenvalue weighted by Gasteiger charge is -2.36. The fraction of sp³-hybridized carbons (Fsp3) is 0.355. The molecule has 196 valence electrons. The van der Waals surface area contributed by atoms with E-state index in [9.17, 15) is 14.4 Å². The summed E-state index contributed by atoms with van der Waals surface area (Å²) in [5.41, 5.74) is 2.82. The van der Waals surface area contributed by atoms with Crippen LogP contribution in [0.25, 0.3) is 0 Å². The Labute approximate surface area is 223 Å². The molecule has 7 heteroatoms. The fourth-order valence-electron chi connectivity index (χ4n) is 5.63. The Morgan fingerprint density at radius 1 is 0.868 bits per heavy atom. The molecule has 0 aromatic heterocycles. The maximum absolute atomic E-state index is 14.2. The largest absolute Gasteiger partial charge is 0.342 e. The molecule has 6 nitrogen and oxygen atoms in total. The second-order valence-electron chi connectivity index (χ2n) is 10.5. The minimum absolute atomic E-state index is 0.0425. The molecule has 4 atom stereocenters. The van der Waals surface area contributed by atoms with Crippen molar-refractivity contribution in [2.45, 2.75) is 63.3 Å². The van der Waals surface area contributed by atoms with Gasteiger partial charge in [0.05, 0.1) is 17.6 Å². The smallest absolute Gasteiger partial charge is 0.320 e. The number of fused-ring (bicyclic) bond motifs is 1. The number of hydrogen-bond donors (Lipinski definition) is 0. The molecule has 38 heavy (non-hydrogen) atoms. The molecule has 0 bridgehead atoms. The zero-order valence-corrected chi connectivity index (χ0v) is 21.9. The molecular weight excluding hydrogens is 481 g/mol. The number of halogens is 1. The van der Waals surface area contributed by atoms with Gasteiger partial charge in [-0.15, -0.1) is 0 Å². The van der Waals surface area contributed by atoms with E-state index >= 15 is 0 Å². The predicted molar refractivity (Wildman–Crippen MR) is 142 cm³/mol. The van der Waals surface area contributed by atoms with Gasteiger partial charge in [-0.2, -0.15) is 5.26 Å². The highest BCUT2D eigenvalue weighted by Crippen LogP contribution is 2.39. The van der Waals surface area contributed by atoms with Gasteiger partial charge < -0.3 is 19.3 Å². The van der Waals surface area contributed by atoms with Gasteiger partial charge >= 0.3 is 6.03 Å². The molecule has 2 aliphatic heterocycles. The summed E-state index contributed by atoms with van der Waals surface area (Å²) in [4.78, 5) is 17.7. The highest BCUT2D eigenvalue weighted by atomic mass is 19.1. The van der Waals surface area contributed by atoms with Crippen LogP contribution >= 0.6 is 0 Å². The van der Waals surface area contributed by atoms with Crippen molar-refractivity contribution >= 4 is 6.03 Å². The van der Waals surface area contributed by atoms with Gasteiger partial charge in [-0.05, 0) is 55.5 Å². The normalized spacial score (nSPS) is 24.6. The molecular formula is C31H32FN3O3. The number of nitrogens with zero attached hydrogens (tertiary/aromatic N) is 3. The third-order valence-electron chi connectivity index (χ3n) is 7.45. The number of carbonyl (C=O) groups is 1. The number of nitriles is 1. The summed E-state index contributed by atoms with van der Waals surface area (Å²) in [6.45, 7) is 4.03. The lowest BCUT2D eigenvalue weighted by atomic mass is 9.91. The van der Waals surface area contributed by atoms with Crippen LogP contribution in [0.3, 0.4) is 0 Å². The monoisotopic (exact) mass is 513 g/mol. The van der Waals surface area contributed by atoms with Gasteiger partial charge in [-0.25, -0.2) is 9.18 Å². The Hall–Kier alpha value is -3.73. The van der Waals surface area contributed by atoms with E-state index in [2.05, 4.69) is 12.1 Å². The van der Waals surface area contributed by atoms with Crippen LogP contribution in [0.2, 0.25) is 0 Å². The topological polar surface area (TPSA) is 65.8 Å². The summed E-state index contributed by atoms with van der Waals surface area (Å²) < 4.78 is 27.2. The van der Waals surface area contributed by atoms with E-state index in [1.807, 2.05) is 75.5 Å². The highest BCUT2D eigenvalue weighted by molar-refractivity contribution is 5.76. The molecule has 0 radical (unpaired) electrons. The van der Waals surface area contributed by atoms with E-state index in [-0.39, 0.29) is 36.3 Å². The summed E-state index contributed by atoms with van der Waals surface area (Å²) in [5.74, 6) is -1.40. The van der Waals surface area contributed by atoms with Crippen molar-refractivity contribution in [3.8, 4) is 6.07 Å². The minimum atomic E-state index is -0.823. The second-order valence-corrected chi connectivity index (χ2v) is 10.5. The van der Waals surface area contributed by atoms with E-state index < -0.39 is 17.7 Å². The van der Waals surface area contributed by atoms with Crippen LogP contribution in [0.1, 0.15) is 36.1 Å². The van der Waals surface area contributed by atoms with E-state index in [4.69, 9.17) is 9.47 Å². The van der Waals surface area contributed by atoms with Crippen LogP contribution in [0.4, 0.5) is 9.18 Å². The quantitative estimate of drug-likeness (QED) is 0.448. The molecule has 2 aliphatic rings. The highest BCUT2D eigenvalue weighted by Gasteiger charge is 2.54. The van der Waals surface area contributed by atoms with Gasteiger partial charge in [0.1, 0.15) is 24.1 Å². The molecule has 3 aromatic rings. The zero-order chi connectivity index (χ0) is 26.9. The average Bonchev–Trinajstić information content (AvgIpc) is 3.22. The molecule has 2 amide bonds. The Kier molecular flexibility index (Phi) is 7.20. The molecule has 5 rings (SSSR count). The fourth-order valence-corrected chi connectivity index (χ4v) is 5.63. The summed E-state index contributed by atoms with van der Waals surface area (Å²) in [6.07, 6.45) is 0.417. The molecule has 0 spiro atoms. The number of rotatable bonds is 6. The zero-order valence-electron chi connectivity index (χ0n) is 21.9. The van der Waals surface area contributed by atoms with Crippen molar-refractivity contribution in [2.24, 2.45) is 0 Å². The van der Waals surface area contributed by atoms with E-state index in [1.54, 1.807) is 15.9 Å². The first-order valence-corrected chi connectivity index (χ1v) is 12.9. The first-order valence-electron chi connectivity index (χ1n) is 12.9. The lowest BCUT2D eigenvalue weighted by Crippen LogP contribution is -2.50. The Morgan fingerprint density at radius 2 is 1.42 bits per heavy atom. The van der Waals surface area contributed by atoms with E-state index in [1.165, 1.54) is 12.1 Å². The van der Waals surface area contributed by atoms with Gasteiger partial charge in [-0.3, -0.25) is 0 Å². The molecule has 2 heterocycles. The number of carbonyl (C=O) groups excluding carboxylic acids is 1. The van der Waals surface area contributed by atoms with E-state index in [0.717, 1.165) is 11.1 Å². The van der Waals surface area contributed by atoms with Crippen LogP contribution in [-0.2, 0) is 28.9 Å². The summed E-state index contributed by atoms with van der Waals surface area (Å²) >= 11 is 0. The lowest BCUT2D eigenvalue weighted by molar-refractivity contribution is -0.157. The molecule has 0 saturated carbocycles. The van der Waals surface area contributed by atoms with Crippen molar-refractivity contribution in [2.75, 3.05) is 7.05 Å². The number of ether oxygens (including phenoxy) is 2. The Morgan fingerprint density at radius 3 is 2.00 bits per heavy atom. The van der Waals surface area contributed by atoms with Gasteiger partial charge in [0.2, 0.25) is 0 Å². The molecule has 0 N–H and O–H groups in total. The number of benzene rings is 3. The maximum Gasteiger partial charge on any atom is 0.320 e. The van der Waals surface area contributed by atoms with Crippen molar-refractivity contribution in [3.63, 3.8) is 0 Å². The molecule has 0 unspecified atom stereocenters. The first-order chi connectivity index (χ1) is 18.3. The number of urea groups is 1. The average molecular weight is 514 g/mol. The van der Waals surface area contributed by atoms with Gasteiger partial charge in [0.25, 0.3) is 0 Å². The van der Waals surface area contributed by atoms with Gasteiger partial charge in [0.15, 0.2) is 5.79 Å². The number of likely N-dealkylation sites (N-methyl/N-ethyl adjacent to an activating group) is 1. The van der Waals surface area contributed by atoms with Crippen LogP contribution < -0.4 is 0 Å². The molecule has 2 fully saturated rings. The van der Waals surface area contributed by atoms with Crippen molar-refractivity contribution in [1.82, 2.24) is 9.80 Å². The third-order valence-corrected chi connectivity index (χ3v) is 7.45. The van der Waals surface area contributed by atoms with Crippen LogP contribution in [0.5, 0.6) is 0 Å². The first kappa shape index (κ1) is 25.9. The summed E-state index contributed by atoms with van der Waals surface area (Å²) in [5, 5.41) is 9.37. The van der Waals surface area contributed by atoms with E-state index in [0.29, 0.717) is 18.4 Å². The standard InChI is InChI=1S/C31H32FN3O3/c1-31(2)37-28-26(17-21-10-6-4-7-11-21)34(3)30(36)35(20-23-14-15-25(32)24(16-23)19-33)27(29(28)38-31)18-22-12-8-5-9-13-22/h4-16,26-29H,17-18,20H2,1-3H3/t26-,27-,28+,29+/m1/s1. The molecule has 3 aromatic carbocycles. The maximum atomic E-state index is 14.2. The molecule has 0 aliphatic carbocycles.